The quantitative estimate of drug-likeness (QED) is 0.353. The van der Waals surface area contributed by atoms with E-state index in [0.717, 1.165) is 0 Å². The van der Waals surface area contributed by atoms with Crippen LogP contribution >= 0.6 is 0 Å². The molecule has 0 aliphatic rings. The summed E-state index contributed by atoms with van der Waals surface area (Å²) in [6.45, 7) is 0. The summed E-state index contributed by atoms with van der Waals surface area (Å²) in [6, 6.07) is 0. The van der Waals surface area contributed by atoms with Gasteiger partial charge < -0.3 is 15.1 Å². The minimum Gasteiger partial charge on any atom is 0 e. The summed E-state index contributed by atoms with van der Waals surface area (Å²) >= 11 is 0. The van der Waals surface area contributed by atoms with E-state index in [1.54, 1.807) is 0 Å². The van der Waals surface area contributed by atoms with Crippen molar-refractivity contribution in [2.45, 2.75) is 0 Å². The van der Waals surface area contributed by atoms with Crippen LogP contribution in [0.25, 0.3) is 0 Å². The second-order valence-corrected chi connectivity index (χ2v) is 0.346. The van der Waals surface area contributed by atoms with Gasteiger partial charge in [-0.15, -0.1) is 0 Å². The molecule has 0 saturated carbocycles. The van der Waals surface area contributed by atoms with Crippen molar-refractivity contribution < 1.29 is 70.3 Å². The van der Waals surface area contributed by atoms with Gasteiger partial charge in [0.25, 0.3) is 0 Å². The van der Waals surface area contributed by atoms with Gasteiger partial charge in [0.15, 0.2) is 17.4 Å². The molecule has 0 atom stereocenters. The molecule has 10 heteroatoms. The molecule has 64 valence electrons. The zero-order chi connectivity index (χ0) is 3.58. The van der Waals surface area contributed by atoms with Gasteiger partial charge in [-0.3, -0.25) is 0 Å². The molecule has 0 aromatic heterocycles. The second-order valence-electron chi connectivity index (χ2n) is 0.346. The first-order chi connectivity index (χ1) is 1.73. The Bertz CT molecular complexity index is 33.2. The maximum absolute atomic E-state index is 7.17. The van der Waals surface area contributed by atoms with Crippen LogP contribution in [0.15, 0.2) is 0 Å². The van der Waals surface area contributed by atoms with Gasteiger partial charge in [0.1, 0.15) is 0 Å². The molecule has 0 unspecified atom stereocenters. The smallest absolute Gasteiger partial charge is 0 e. The fourth-order valence-corrected chi connectivity index (χ4v) is 0. The van der Waals surface area contributed by atoms with Gasteiger partial charge in [0, 0.05) is 55.3 Å². The number of rotatable bonds is 0. The van der Waals surface area contributed by atoms with Crippen molar-refractivity contribution in [3.8, 4) is 0 Å². The normalized spacial score (nSPS) is 2.70. The average Bonchev–Trinajstić information content (AvgIpc) is 0.811. The summed E-state index contributed by atoms with van der Waals surface area (Å²) in [4.78, 5) is 0. The minimum absolute atomic E-state index is 0. The Balaban J connectivity index is -0.00000000300. The Morgan fingerprint density at radius 1 is 1.00 bits per heavy atom. The van der Waals surface area contributed by atoms with Crippen LogP contribution in [0, 0.1) is 0 Å². The first kappa shape index (κ1) is 48.9. The average molecular weight is 405 g/mol. The van der Waals surface area contributed by atoms with Crippen LogP contribution in [0.3, 0.4) is 0 Å². The summed E-state index contributed by atoms with van der Waals surface area (Å²) in [5.41, 5.74) is 0. The van der Waals surface area contributed by atoms with Gasteiger partial charge in [0.05, 0.1) is 0 Å². The summed E-state index contributed by atoms with van der Waals surface area (Å²) in [7, 11) is -2.17. The molecule has 10 heavy (non-hydrogen) atoms. The Morgan fingerprint density at radius 2 is 1.00 bits per heavy atom. The van der Waals surface area contributed by atoms with Crippen LogP contribution in [-0.4, -0.2) is 87.2 Å². The molecule has 0 saturated heterocycles. The first-order valence-corrected chi connectivity index (χ1v) is 0.775. The predicted molar refractivity (Wildman–Crippen MR) is 40.8 cm³/mol. The molecule has 3 nitrogen and oxygen atoms in total. The largest absolute Gasteiger partial charge is 0 e. The van der Waals surface area contributed by atoms with Gasteiger partial charge in [0.2, 0.25) is 0 Å². The second kappa shape index (κ2) is 38.6. The molecule has 0 aromatic rings. The molecule has 0 aromatic carbocycles. The third-order valence-electron chi connectivity index (χ3n) is 0. The summed E-state index contributed by atoms with van der Waals surface area (Å²) < 4.78 is 0. The molecule has 3 N–H and O–H groups in total. The van der Waals surface area contributed by atoms with E-state index < -0.39 is 7.32 Å². The molecular formula is H11AlBFeMgNiO3SbTi. The van der Waals surface area contributed by atoms with E-state index in [9.17, 15) is 0 Å². The van der Waals surface area contributed by atoms with Crippen LogP contribution in [0.1, 0.15) is 0 Å². The van der Waals surface area contributed by atoms with Crippen molar-refractivity contribution in [2.75, 3.05) is 0 Å². The topological polar surface area (TPSA) is 60.7 Å². The fraction of sp³-hybridized carbons (Fsp3) is 0. The van der Waals surface area contributed by atoms with E-state index in [1.165, 1.54) is 0 Å². The van der Waals surface area contributed by atoms with Crippen molar-refractivity contribution in [3.63, 3.8) is 0 Å². The van der Waals surface area contributed by atoms with Crippen LogP contribution in [0.4, 0.5) is 0 Å². The number of hydrogen-bond acceptors (Lipinski definition) is 3. The Hall–Kier alpha value is 3.79. The molecule has 0 fully saturated rings. The Morgan fingerprint density at radius 3 is 1.00 bits per heavy atom. The van der Waals surface area contributed by atoms with E-state index in [4.69, 9.17) is 15.1 Å². The van der Waals surface area contributed by atoms with Crippen LogP contribution in [-0.2, 0) is 55.3 Å². The van der Waals surface area contributed by atoms with Crippen LogP contribution in [0.2, 0.25) is 0 Å². The summed E-state index contributed by atoms with van der Waals surface area (Å²) in [5, 5.41) is 21.5. The van der Waals surface area contributed by atoms with Gasteiger partial charge in [-0.05, 0) is 0 Å². The summed E-state index contributed by atoms with van der Waals surface area (Å²) in [5.74, 6) is 0. The van der Waals surface area contributed by atoms with E-state index in [2.05, 4.69) is 0 Å². The number of hydrogen-bond donors (Lipinski definition) is 3. The molecule has 0 amide bonds. The molecule has 0 spiro atoms. The van der Waals surface area contributed by atoms with Crippen molar-refractivity contribution in [1.82, 2.24) is 0 Å². The van der Waals surface area contributed by atoms with Crippen molar-refractivity contribution in [2.24, 2.45) is 0 Å². The van der Waals surface area contributed by atoms with Gasteiger partial charge >= 0.3 is 54.8 Å². The van der Waals surface area contributed by atoms with E-state index in [0.29, 0.717) is 0 Å². The first-order valence-electron chi connectivity index (χ1n) is 0.775. The maximum Gasteiger partial charge on any atom is 0 e. The molecular weight excluding hydrogens is 394 g/mol. The predicted octanol–water partition coefficient (Wildman–Crippen LogP) is -5.34. The van der Waals surface area contributed by atoms with Gasteiger partial charge in [-0.1, -0.05) is 0 Å². The fourth-order valence-electron chi connectivity index (χ4n) is 0. The zero-order valence-electron chi connectivity index (χ0n) is 3.80. The zero-order valence-corrected chi connectivity index (χ0v) is 11.5. The third-order valence-corrected chi connectivity index (χ3v) is 0. The van der Waals surface area contributed by atoms with Crippen molar-refractivity contribution in [1.29, 1.82) is 0 Å². The molecule has 0 bridgehead atoms. The molecule has 0 radical (unpaired) electrons. The molecule has 0 heterocycles. The SMILES string of the molecule is OB(O)O.[AlH3].[Fe].[MgH2].[Ni].[SbH3].[Ti]. The Kier molecular flexibility index (Phi) is 189. The third kappa shape index (κ3) is 95.6. The minimum atomic E-state index is -2.17. The maximum atomic E-state index is 7.17. The van der Waals surface area contributed by atoms with Crippen LogP contribution in [0.5, 0.6) is 0 Å². The monoisotopic (exact) mass is 404 g/mol. The van der Waals surface area contributed by atoms with Gasteiger partial charge in [-0.2, -0.15) is 0 Å². The molecule has 0 rings (SSSR count). The molecule has 0 aliphatic carbocycles. The van der Waals surface area contributed by atoms with E-state index in [-0.39, 0.29) is 120 Å². The Labute approximate surface area is 140 Å². The van der Waals surface area contributed by atoms with Crippen molar-refractivity contribution >= 4 is 72.2 Å². The van der Waals surface area contributed by atoms with E-state index in [1.807, 2.05) is 0 Å². The molecule has 0 aliphatic heterocycles. The van der Waals surface area contributed by atoms with Crippen LogP contribution < -0.4 is 0 Å². The van der Waals surface area contributed by atoms with Gasteiger partial charge in [-0.25, -0.2) is 0 Å². The summed E-state index contributed by atoms with van der Waals surface area (Å²) in [6.07, 6.45) is 0. The van der Waals surface area contributed by atoms with E-state index >= 15 is 0 Å². The van der Waals surface area contributed by atoms with Crippen molar-refractivity contribution in [3.05, 3.63) is 0 Å². The standard InChI is InChI=1S/Al.BH3O3.Fe.Mg.Ni.Sb.Ti.8H/c;2-1(3)4;;;;;;;;;;;;;/h;2-4H;;;;;;;;;;;;;.